The maximum absolute atomic E-state index is 12.6. The minimum atomic E-state index is -0.446. The van der Waals surface area contributed by atoms with Gasteiger partial charge in [-0.2, -0.15) is 0 Å². The second kappa shape index (κ2) is 18.0. The first-order chi connectivity index (χ1) is 15.1. The number of nitrogens with one attached hydrogen (secondary N) is 1. The Balaban J connectivity index is 2.05. The third-order valence-corrected chi connectivity index (χ3v) is 6.08. The highest BCUT2D eigenvalue weighted by Crippen LogP contribution is 2.20. The molecule has 0 saturated carbocycles. The average molecular weight is 439 g/mol. The molecule has 6 heteroatoms. The van der Waals surface area contributed by atoms with Gasteiger partial charge in [-0.15, -0.1) is 0 Å². The van der Waals surface area contributed by atoms with E-state index in [0.717, 1.165) is 19.3 Å². The van der Waals surface area contributed by atoms with Gasteiger partial charge in [-0.25, -0.2) is 0 Å². The number of carbonyl (C=O) groups is 3. The molecule has 0 aromatic carbocycles. The van der Waals surface area contributed by atoms with Crippen molar-refractivity contribution in [3.05, 3.63) is 0 Å². The van der Waals surface area contributed by atoms with Crippen LogP contribution in [0.5, 0.6) is 0 Å². The molecule has 1 aliphatic heterocycles. The molecule has 1 saturated heterocycles. The van der Waals surface area contributed by atoms with Crippen LogP contribution in [0.1, 0.15) is 117 Å². The molecule has 1 atom stereocenters. The normalized spacial score (nSPS) is 15.8. The van der Waals surface area contributed by atoms with Crippen molar-refractivity contribution < 1.29 is 19.1 Å². The Morgan fingerprint density at radius 2 is 1.39 bits per heavy atom. The van der Waals surface area contributed by atoms with E-state index in [4.69, 9.17) is 4.74 Å². The van der Waals surface area contributed by atoms with Gasteiger partial charge in [-0.05, 0) is 26.2 Å². The monoisotopic (exact) mass is 438 g/mol. The Kier molecular flexibility index (Phi) is 16.0. The summed E-state index contributed by atoms with van der Waals surface area (Å²) in [5.74, 6) is -0.625. The van der Waals surface area contributed by atoms with E-state index in [0.29, 0.717) is 26.0 Å². The SMILES string of the molecule is CCCCCCCCCCCCCCCC(=O)N1CCC[C@H]1C(=O)NCC(=O)OCC. The van der Waals surface area contributed by atoms with E-state index >= 15 is 0 Å². The topological polar surface area (TPSA) is 75.7 Å². The molecule has 0 bridgehead atoms. The van der Waals surface area contributed by atoms with Crippen LogP contribution in [0.3, 0.4) is 0 Å². The number of carbonyl (C=O) groups excluding carboxylic acids is 3. The summed E-state index contributed by atoms with van der Waals surface area (Å²) in [6.07, 6.45) is 18.7. The van der Waals surface area contributed by atoms with Gasteiger partial charge < -0.3 is 15.0 Å². The highest BCUT2D eigenvalue weighted by Gasteiger charge is 2.33. The largest absolute Gasteiger partial charge is 0.465 e. The molecule has 0 aromatic heterocycles. The summed E-state index contributed by atoms with van der Waals surface area (Å²) in [6, 6.07) is -0.441. The average Bonchev–Trinajstić information content (AvgIpc) is 3.25. The summed E-state index contributed by atoms with van der Waals surface area (Å²) >= 11 is 0. The van der Waals surface area contributed by atoms with Crippen molar-refractivity contribution in [2.24, 2.45) is 0 Å². The molecule has 2 amide bonds. The predicted molar refractivity (Wildman–Crippen MR) is 125 cm³/mol. The number of hydrogen-bond donors (Lipinski definition) is 1. The first kappa shape index (κ1) is 27.4. The smallest absolute Gasteiger partial charge is 0.325 e. The van der Waals surface area contributed by atoms with E-state index in [2.05, 4.69) is 12.2 Å². The molecule has 1 fully saturated rings. The Hall–Kier alpha value is -1.59. The summed E-state index contributed by atoms with van der Waals surface area (Å²) in [4.78, 5) is 38.0. The molecular formula is C25H46N2O4. The lowest BCUT2D eigenvalue weighted by Gasteiger charge is -2.24. The third kappa shape index (κ3) is 12.8. The van der Waals surface area contributed by atoms with Crippen molar-refractivity contribution in [1.29, 1.82) is 0 Å². The molecule has 1 aliphatic rings. The first-order valence-electron chi connectivity index (χ1n) is 12.8. The number of hydrogen-bond acceptors (Lipinski definition) is 4. The Morgan fingerprint density at radius 1 is 0.839 bits per heavy atom. The lowest BCUT2D eigenvalue weighted by molar-refractivity contribution is -0.144. The highest BCUT2D eigenvalue weighted by molar-refractivity contribution is 5.90. The molecule has 1 N–H and O–H groups in total. The maximum Gasteiger partial charge on any atom is 0.325 e. The molecule has 0 unspecified atom stereocenters. The fourth-order valence-electron chi connectivity index (χ4n) is 4.26. The first-order valence-corrected chi connectivity index (χ1v) is 12.8. The van der Waals surface area contributed by atoms with Crippen LogP contribution >= 0.6 is 0 Å². The molecule has 0 aliphatic carbocycles. The van der Waals surface area contributed by atoms with Gasteiger partial charge >= 0.3 is 5.97 Å². The molecule has 31 heavy (non-hydrogen) atoms. The molecule has 1 heterocycles. The second-order valence-corrected chi connectivity index (χ2v) is 8.76. The molecule has 0 radical (unpaired) electrons. The zero-order valence-electron chi connectivity index (χ0n) is 20.1. The van der Waals surface area contributed by atoms with Gasteiger partial charge in [0.25, 0.3) is 0 Å². The molecule has 1 rings (SSSR count). The molecule has 180 valence electrons. The Morgan fingerprint density at radius 3 is 1.94 bits per heavy atom. The van der Waals surface area contributed by atoms with Gasteiger partial charge in [0.2, 0.25) is 11.8 Å². The van der Waals surface area contributed by atoms with Gasteiger partial charge in [0.15, 0.2) is 0 Å². The lowest BCUT2D eigenvalue weighted by atomic mass is 10.0. The van der Waals surface area contributed by atoms with Crippen molar-refractivity contribution in [3.8, 4) is 0 Å². The Labute approximate surface area is 189 Å². The van der Waals surface area contributed by atoms with Gasteiger partial charge in [-0.3, -0.25) is 14.4 Å². The van der Waals surface area contributed by atoms with E-state index in [1.54, 1.807) is 11.8 Å². The number of ether oxygens (including phenoxy) is 1. The van der Waals surface area contributed by atoms with E-state index < -0.39 is 12.0 Å². The van der Waals surface area contributed by atoms with Crippen molar-refractivity contribution in [3.63, 3.8) is 0 Å². The fraction of sp³-hybridized carbons (Fsp3) is 0.880. The third-order valence-electron chi connectivity index (χ3n) is 6.08. The van der Waals surface area contributed by atoms with E-state index in [9.17, 15) is 14.4 Å². The van der Waals surface area contributed by atoms with Crippen LogP contribution in [-0.4, -0.2) is 48.4 Å². The Bertz CT molecular complexity index is 510. The van der Waals surface area contributed by atoms with Gasteiger partial charge in [0, 0.05) is 13.0 Å². The summed E-state index contributed by atoms with van der Waals surface area (Å²) in [7, 11) is 0. The highest BCUT2D eigenvalue weighted by atomic mass is 16.5. The number of likely N-dealkylation sites (tertiary alicyclic amines) is 1. The summed E-state index contributed by atoms with van der Waals surface area (Å²) in [5, 5.41) is 2.60. The summed E-state index contributed by atoms with van der Waals surface area (Å²) < 4.78 is 4.83. The van der Waals surface area contributed by atoms with E-state index in [-0.39, 0.29) is 18.4 Å². The second-order valence-electron chi connectivity index (χ2n) is 8.76. The maximum atomic E-state index is 12.6. The van der Waals surface area contributed by atoms with Crippen molar-refractivity contribution >= 4 is 17.8 Å². The van der Waals surface area contributed by atoms with Crippen LogP contribution in [0.15, 0.2) is 0 Å². The fourth-order valence-corrected chi connectivity index (χ4v) is 4.26. The number of unbranched alkanes of at least 4 members (excludes halogenated alkanes) is 12. The van der Waals surface area contributed by atoms with Crippen LogP contribution in [0.4, 0.5) is 0 Å². The minimum absolute atomic E-state index is 0.0665. The number of esters is 1. The predicted octanol–water partition coefficient (Wildman–Crippen LogP) is 5.14. The minimum Gasteiger partial charge on any atom is -0.465 e. The van der Waals surface area contributed by atoms with Crippen molar-refractivity contribution in [1.82, 2.24) is 10.2 Å². The van der Waals surface area contributed by atoms with E-state index in [1.807, 2.05) is 0 Å². The van der Waals surface area contributed by atoms with E-state index in [1.165, 1.54) is 70.6 Å². The van der Waals surface area contributed by atoms with Gasteiger partial charge in [0.05, 0.1) is 6.61 Å². The molecular weight excluding hydrogens is 392 g/mol. The van der Waals surface area contributed by atoms with Crippen LogP contribution in [0, 0.1) is 0 Å². The summed E-state index contributed by atoms with van der Waals surface area (Å²) in [5.41, 5.74) is 0. The molecule has 0 aromatic rings. The number of nitrogens with zero attached hydrogens (tertiary/aromatic N) is 1. The van der Waals surface area contributed by atoms with Crippen molar-refractivity contribution in [2.75, 3.05) is 19.7 Å². The quantitative estimate of drug-likeness (QED) is 0.237. The summed E-state index contributed by atoms with van der Waals surface area (Å²) in [6.45, 7) is 4.78. The van der Waals surface area contributed by atoms with Gasteiger partial charge in [0.1, 0.15) is 12.6 Å². The molecule has 6 nitrogen and oxygen atoms in total. The number of rotatable bonds is 18. The van der Waals surface area contributed by atoms with Crippen LogP contribution in [-0.2, 0) is 19.1 Å². The van der Waals surface area contributed by atoms with Gasteiger partial charge in [-0.1, -0.05) is 84.0 Å². The molecule has 0 spiro atoms. The zero-order valence-corrected chi connectivity index (χ0v) is 20.1. The van der Waals surface area contributed by atoms with Crippen molar-refractivity contribution in [2.45, 2.75) is 123 Å². The standard InChI is InChI=1S/C25H46N2O4/c1-3-5-6-7-8-9-10-11-12-13-14-15-16-19-23(28)27-20-17-18-22(27)25(30)26-21-24(29)31-4-2/h22H,3-21H2,1-2H3,(H,26,30)/t22-/m0/s1. The lowest BCUT2D eigenvalue weighted by Crippen LogP contribution is -2.47. The van der Waals surface area contributed by atoms with Crippen LogP contribution in [0.2, 0.25) is 0 Å². The van der Waals surface area contributed by atoms with Crippen LogP contribution in [0.25, 0.3) is 0 Å². The number of amides is 2. The van der Waals surface area contributed by atoms with Crippen LogP contribution < -0.4 is 5.32 Å². The zero-order chi connectivity index (χ0) is 22.7.